The van der Waals surface area contributed by atoms with Crippen LogP contribution in [-0.4, -0.2) is 14.8 Å². The van der Waals surface area contributed by atoms with E-state index in [1.807, 2.05) is 28.9 Å². The Balaban J connectivity index is 1.95. The molecule has 0 aliphatic carbocycles. The number of hydrogen-bond donors (Lipinski definition) is 1. The molecule has 0 aliphatic rings. The fourth-order valence-electron chi connectivity index (χ4n) is 1.99. The zero-order valence-electron chi connectivity index (χ0n) is 12.1. The van der Waals surface area contributed by atoms with Crippen molar-refractivity contribution in [2.24, 2.45) is 5.73 Å². The van der Waals surface area contributed by atoms with Crippen LogP contribution in [0.5, 0.6) is 5.75 Å². The van der Waals surface area contributed by atoms with Crippen molar-refractivity contribution in [2.45, 2.75) is 45.9 Å². The van der Waals surface area contributed by atoms with E-state index < -0.39 is 0 Å². The van der Waals surface area contributed by atoms with E-state index in [0.29, 0.717) is 6.61 Å². The standard InChI is InChI=1S/C15H22N4O/c1-3-9-19-15(17-11-18-19)10-20-13-7-5-12(6-8-13)14(16)4-2/h5-8,11,14H,3-4,9-10,16H2,1-2H3/t14-/m0/s1. The lowest BCUT2D eigenvalue weighted by Gasteiger charge is -2.11. The Morgan fingerprint density at radius 1 is 1.25 bits per heavy atom. The second kappa shape index (κ2) is 7.05. The van der Waals surface area contributed by atoms with Crippen LogP contribution in [0.15, 0.2) is 30.6 Å². The molecule has 0 spiro atoms. The van der Waals surface area contributed by atoms with E-state index in [-0.39, 0.29) is 6.04 Å². The summed E-state index contributed by atoms with van der Waals surface area (Å²) in [5.74, 6) is 1.67. The fourth-order valence-corrected chi connectivity index (χ4v) is 1.99. The van der Waals surface area contributed by atoms with Crippen LogP contribution in [0.3, 0.4) is 0 Å². The summed E-state index contributed by atoms with van der Waals surface area (Å²) in [5.41, 5.74) is 7.12. The first-order valence-corrected chi connectivity index (χ1v) is 7.09. The SMILES string of the molecule is CCCn1ncnc1COc1ccc([C@@H](N)CC)cc1. The van der Waals surface area contributed by atoms with Crippen molar-refractivity contribution in [1.82, 2.24) is 14.8 Å². The van der Waals surface area contributed by atoms with E-state index in [2.05, 4.69) is 23.9 Å². The van der Waals surface area contributed by atoms with Gasteiger partial charge in [-0.1, -0.05) is 26.0 Å². The first kappa shape index (κ1) is 14.5. The van der Waals surface area contributed by atoms with Crippen LogP contribution in [0.1, 0.15) is 44.1 Å². The maximum atomic E-state index is 5.99. The van der Waals surface area contributed by atoms with E-state index in [4.69, 9.17) is 10.5 Å². The number of aromatic nitrogens is 3. The molecule has 20 heavy (non-hydrogen) atoms. The third kappa shape index (κ3) is 3.57. The number of benzene rings is 1. The molecule has 108 valence electrons. The zero-order chi connectivity index (χ0) is 14.4. The van der Waals surface area contributed by atoms with Crippen molar-refractivity contribution in [2.75, 3.05) is 0 Å². The maximum Gasteiger partial charge on any atom is 0.164 e. The Bertz CT molecular complexity index is 521. The number of nitrogens with zero attached hydrogens (tertiary/aromatic N) is 3. The van der Waals surface area contributed by atoms with Crippen LogP contribution in [0.4, 0.5) is 0 Å². The van der Waals surface area contributed by atoms with Gasteiger partial charge >= 0.3 is 0 Å². The molecule has 1 heterocycles. The van der Waals surface area contributed by atoms with Crippen LogP contribution in [0.25, 0.3) is 0 Å². The largest absolute Gasteiger partial charge is 0.486 e. The summed E-state index contributed by atoms with van der Waals surface area (Å²) in [4.78, 5) is 4.22. The quantitative estimate of drug-likeness (QED) is 0.843. The maximum absolute atomic E-state index is 5.99. The molecule has 2 rings (SSSR count). The second-order valence-electron chi connectivity index (χ2n) is 4.77. The molecule has 2 aromatic rings. The highest BCUT2D eigenvalue weighted by Gasteiger charge is 2.06. The minimum Gasteiger partial charge on any atom is -0.486 e. The van der Waals surface area contributed by atoms with E-state index in [0.717, 1.165) is 36.5 Å². The van der Waals surface area contributed by atoms with Gasteiger partial charge in [0, 0.05) is 12.6 Å². The molecule has 0 radical (unpaired) electrons. The molecule has 0 saturated carbocycles. The Kier molecular flexibility index (Phi) is 5.12. The highest BCUT2D eigenvalue weighted by atomic mass is 16.5. The Morgan fingerprint density at radius 2 is 2.00 bits per heavy atom. The molecule has 2 N–H and O–H groups in total. The highest BCUT2D eigenvalue weighted by molar-refractivity contribution is 5.29. The van der Waals surface area contributed by atoms with Crippen molar-refractivity contribution in [3.05, 3.63) is 42.0 Å². The van der Waals surface area contributed by atoms with Gasteiger partial charge in [0.25, 0.3) is 0 Å². The lowest BCUT2D eigenvalue weighted by Crippen LogP contribution is -2.09. The van der Waals surface area contributed by atoms with Crippen LogP contribution in [0.2, 0.25) is 0 Å². The summed E-state index contributed by atoms with van der Waals surface area (Å²) in [6.45, 7) is 5.49. The predicted octanol–water partition coefficient (Wildman–Crippen LogP) is 2.68. The molecule has 1 atom stereocenters. The number of aryl methyl sites for hydroxylation is 1. The van der Waals surface area contributed by atoms with Gasteiger partial charge < -0.3 is 10.5 Å². The Labute approximate surface area is 119 Å². The van der Waals surface area contributed by atoms with Gasteiger partial charge in [0.05, 0.1) is 0 Å². The van der Waals surface area contributed by atoms with E-state index in [9.17, 15) is 0 Å². The van der Waals surface area contributed by atoms with Gasteiger partial charge in [0.2, 0.25) is 0 Å². The van der Waals surface area contributed by atoms with Crippen molar-refractivity contribution < 1.29 is 4.74 Å². The number of ether oxygens (including phenoxy) is 1. The van der Waals surface area contributed by atoms with E-state index >= 15 is 0 Å². The Hall–Kier alpha value is -1.88. The summed E-state index contributed by atoms with van der Waals surface area (Å²) in [6.07, 6.45) is 3.53. The second-order valence-corrected chi connectivity index (χ2v) is 4.77. The molecular formula is C15H22N4O. The normalized spacial score (nSPS) is 12.3. The molecule has 5 heteroatoms. The molecule has 0 unspecified atom stereocenters. The molecule has 0 saturated heterocycles. The van der Waals surface area contributed by atoms with Crippen LogP contribution >= 0.6 is 0 Å². The molecule has 5 nitrogen and oxygen atoms in total. The van der Waals surface area contributed by atoms with Crippen LogP contribution in [0, 0.1) is 0 Å². The third-order valence-electron chi connectivity index (χ3n) is 3.25. The summed E-state index contributed by atoms with van der Waals surface area (Å²) in [7, 11) is 0. The predicted molar refractivity (Wildman–Crippen MR) is 78.3 cm³/mol. The minimum absolute atomic E-state index is 0.0942. The summed E-state index contributed by atoms with van der Waals surface area (Å²) < 4.78 is 7.62. The first-order chi connectivity index (χ1) is 9.74. The molecule has 0 aliphatic heterocycles. The first-order valence-electron chi connectivity index (χ1n) is 7.09. The topological polar surface area (TPSA) is 66.0 Å². The summed E-state index contributed by atoms with van der Waals surface area (Å²) >= 11 is 0. The van der Waals surface area contributed by atoms with Gasteiger partial charge in [-0.15, -0.1) is 0 Å². The van der Waals surface area contributed by atoms with Gasteiger partial charge in [-0.2, -0.15) is 5.10 Å². The highest BCUT2D eigenvalue weighted by Crippen LogP contribution is 2.18. The van der Waals surface area contributed by atoms with Gasteiger partial charge in [-0.3, -0.25) is 0 Å². The molecular weight excluding hydrogens is 252 g/mol. The average molecular weight is 274 g/mol. The summed E-state index contributed by atoms with van der Waals surface area (Å²) in [5, 5.41) is 4.18. The van der Waals surface area contributed by atoms with Crippen molar-refractivity contribution in [3.63, 3.8) is 0 Å². The van der Waals surface area contributed by atoms with Gasteiger partial charge in [-0.25, -0.2) is 9.67 Å². The smallest absolute Gasteiger partial charge is 0.164 e. The number of hydrogen-bond acceptors (Lipinski definition) is 4. The third-order valence-corrected chi connectivity index (χ3v) is 3.25. The van der Waals surface area contributed by atoms with Crippen molar-refractivity contribution >= 4 is 0 Å². The minimum atomic E-state index is 0.0942. The molecule has 0 fully saturated rings. The molecule has 1 aromatic carbocycles. The van der Waals surface area contributed by atoms with E-state index in [1.165, 1.54) is 0 Å². The molecule has 0 bridgehead atoms. The lowest BCUT2D eigenvalue weighted by molar-refractivity contribution is 0.286. The molecule has 0 amide bonds. The number of nitrogens with two attached hydrogens (primary N) is 1. The van der Waals surface area contributed by atoms with Crippen molar-refractivity contribution in [1.29, 1.82) is 0 Å². The fraction of sp³-hybridized carbons (Fsp3) is 0.467. The van der Waals surface area contributed by atoms with Gasteiger partial charge in [-0.05, 0) is 30.5 Å². The number of rotatable bonds is 7. The van der Waals surface area contributed by atoms with Crippen LogP contribution < -0.4 is 10.5 Å². The van der Waals surface area contributed by atoms with Gasteiger partial charge in [0.1, 0.15) is 18.7 Å². The van der Waals surface area contributed by atoms with Gasteiger partial charge in [0.15, 0.2) is 5.82 Å². The lowest BCUT2D eigenvalue weighted by atomic mass is 10.1. The Morgan fingerprint density at radius 3 is 2.65 bits per heavy atom. The zero-order valence-corrected chi connectivity index (χ0v) is 12.1. The average Bonchev–Trinajstić information content (AvgIpc) is 2.92. The van der Waals surface area contributed by atoms with E-state index in [1.54, 1.807) is 6.33 Å². The molecule has 1 aromatic heterocycles. The summed E-state index contributed by atoms with van der Waals surface area (Å²) in [6, 6.07) is 8.02. The van der Waals surface area contributed by atoms with Crippen molar-refractivity contribution in [3.8, 4) is 5.75 Å². The van der Waals surface area contributed by atoms with Crippen LogP contribution in [-0.2, 0) is 13.2 Å². The monoisotopic (exact) mass is 274 g/mol.